The molecular weight excluding hydrogens is 444 g/mol. The van der Waals surface area contributed by atoms with E-state index in [4.69, 9.17) is 10.5 Å². The number of aromatic carboxylic acids is 1. The summed E-state index contributed by atoms with van der Waals surface area (Å²) in [6.45, 7) is 0. The van der Waals surface area contributed by atoms with Crippen LogP contribution >= 0.6 is 11.3 Å². The number of hydrogen-bond donors (Lipinski definition) is 4. The number of methoxy groups -OCH3 is 1. The van der Waals surface area contributed by atoms with Gasteiger partial charge in [0.2, 0.25) is 5.43 Å². The standard InChI is InChI=1S/C23H22N4O5S/c1-32-21-18(17-8-12-15(26-27-23(24)31)3-2-4-16(12)33-17)11(10-5-6-10)7-13-19(21)25-9-14(20(13)28)22(29)30/h7-10H,2-6H2,1H3,(H,25,28)(H,29,30)(H3,24,27,31)/b26-15+. The van der Waals surface area contributed by atoms with Gasteiger partial charge in [0.25, 0.3) is 0 Å². The van der Waals surface area contributed by atoms with E-state index < -0.39 is 17.4 Å². The highest BCUT2D eigenvalue weighted by atomic mass is 32.1. The lowest BCUT2D eigenvalue weighted by molar-refractivity contribution is 0.0695. The number of urea groups is 1. The monoisotopic (exact) mass is 466 g/mol. The minimum Gasteiger partial charge on any atom is -0.494 e. The molecule has 33 heavy (non-hydrogen) atoms. The van der Waals surface area contributed by atoms with Crippen molar-refractivity contribution in [2.75, 3.05) is 7.11 Å². The van der Waals surface area contributed by atoms with E-state index >= 15 is 0 Å². The Labute approximate surface area is 192 Å². The summed E-state index contributed by atoms with van der Waals surface area (Å²) in [6, 6.07) is 3.17. The van der Waals surface area contributed by atoms with Crippen LogP contribution in [-0.4, -0.2) is 34.9 Å². The number of nitrogens with zero attached hydrogens (tertiary/aromatic N) is 1. The van der Waals surface area contributed by atoms with Gasteiger partial charge >= 0.3 is 12.0 Å². The first kappa shape index (κ1) is 21.2. The zero-order valence-corrected chi connectivity index (χ0v) is 18.7. The number of aromatic amines is 1. The smallest absolute Gasteiger partial charge is 0.341 e. The fraction of sp³-hybridized carbons (Fsp3) is 0.304. The van der Waals surface area contributed by atoms with Crippen molar-refractivity contribution in [2.45, 2.75) is 38.0 Å². The second-order valence-corrected chi connectivity index (χ2v) is 9.38. The Morgan fingerprint density at radius 3 is 2.76 bits per heavy atom. The number of nitrogens with one attached hydrogen (secondary N) is 2. The van der Waals surface area contributed by atoms with Gasteiger partial charge < -0.3 is 20.6 Å². The number of H-pyrrole nitrogens is 1. The predicted octanol–water partition coefficient (Wildman–Crippen LogP) is 3.55. The highest BCUT2D eigenvalue weighted by Crippen LogP contribution is 2.51. The van der Waals surface area contributed by atoms with Crippen LogP contribution in [0.4, 0.5) is 4.79 Å². The normalized spacial score (nSPS) is 16.6. The van der Waals surface area contributed by atoms with Crippen LogP contribution in [-0.2, 0) is 6.42 Å². The summed E-state index contributed by atoms with van der Waals surface area (Å²) >= 11 is 1.65. The Balaban J connectivity index is 1.74. The van der Waals surface area contributed by atoms with Crippen LogP contribution in [0.2, 0.25) is 0 Å². The van der Waals surface area contributed by atoms with Crippen molar-refractivity contribution in [3.05, 3.63) is 50.1 Å². The quantitative estimate of drug-likeness (QED) is 0.425. The molecule has 170 valence electrons. The van der Waals surface area contributed by atoms with Crippen LogP contribution in [0, 0.1) is 0 Å². The topological polar surface area (TPSA) is 147 Å². The maximum atomic E-state index is 12.9. The van der Waals surface area contributed by atoms with Gasteiger partial charge in [0.05, 0.1) is 23.7 Å². The van der Waals surface area contributed by atoms with E-state index in [9.17, 15) is 19.5 Å². The second kappa shape index (κ2) is 8.04. The van der Waals surface area contributed by atoms with E-state index in [2.05, 4.69) is 21.6 Å². The number of fused-ring (bicyclic) bond motifs is 2. The number of ether oxygens (including phenoxy) is 1. The summed E-state index contributed by atoms with van der Waals surface area (Å²) in [6.07, 6.45) is 5.77. The summed E-state index contributed by atoms with van der Waals surface area (Å²) in [5.41, 5.74) is 10.8. The third kappa shape index (κ3) is 3.66. The molecule has 0 aliphatic heterocycles. The number of benzene rings is 1. The number of carbonyl (C=O) groups is 2. The molecule has 10 heteroatoms. The maximum absolute atomic E-state index is 12.9. The molecule has 0 saturated heterocycles. The van der Waals surface area contributed by atoms with Crippen molar-refractivity contribution in [3.63, 3.8) is 0 Å². The van der Waals surface area contributed by atoms with Crippen molar-refractivity contribution in [1.82, 2.24) is 10.4 Å². The average Bonchev–Trinajstić information content (AvgIpc) is 3.54. The number of pyridine rings is 1. The van der Waals surface area contributed by atoms with Crippen LogP contribution in [0.1, 0.15) is 58.0 Å². The molecule has 2 aromatic heterocycles. The van der Waals surface area contributed by atoms with Gasteiger partial charge in [-0.2, -0.15) is 5.10 Å². The van der Waals surface area contributed by atoms with Gasteiger partial charge in [-0.25, -0.2) is 15.0 Å². The molecule has 0 unspecified atom stereocenters. The van der Waals surface area contributed by atoms with Gasteiger partial charge in [0, 0.05) is 27.1 Å². The minimum absolute atomic E-state index is 0.287. The molecule has 2 amide bonds. The highest BCUT2D eigenvalue weighted by Gasteiger charge is 2.32. The molecule has 1 aromatic carbocycles. The van der Waals surface area contributed by atoms with Crippen molar-refractivity contribution in [1.29, 1.82) is 0 Å². The number of carbonyl (C=O) groups excluding carboxylic acids is 1. The van der Waals surface area contributed by atoms with Crippen molar-refractivity contribution >= 4 is 40.0 Å². The van der Waals surface area contributed by atoms with Crippen molar-refractivity contribution < 1.29 is 19.4 Å². The number of thiophene rings is 1. The molecule has 0 spiro atoms. The molecule has 0 radical (unpaired) electrons. The summed E-state index contributed by atoms with van der Waals surface area (Å²) in [7, 11) is 1.55. The number of carboxylic acid groups (broad SMARTS) is 1. The predicted molar refractivity (Wildman–Crippen MR) is 126 cm³/mol. The number of hydrazone groups is 1. The van der Waals surface area contributed by atoms with E-state index in [-0.39, 0.29) is 11.5 Å². The van der Waals surface area contributed by atoms with Crippen LogP contribution in [0.15, 0.2) is 28.2 Å². The van der Waals surface area contributed by atoms with Gasteiger partial charge in [0.15, 0.2) is 5.75 Å². The minimum atomic E-state index is -1.27. The Morgan fingerprint density at radius 2 is 2.09 bits per heavy atom. The van der Waals surface area contributed by atoms with Gasteiger partial charge in [0.1, 0.15) is 5.56 Å². The number of nitrogens with two attached hydrogens (primary N) is 1. The third-order valence-corrected chi connectivity index (χ3v) is 7.31. The molecule has 5 rings (SSSR count). The van der Waals surface area contributed by atoms with Crippen LogP contribution < -0.4 is 21.3 Å². The van der Waals surface area contributed by atoms with Crippen molar-refractivity contribution in [3.8, 4) is 16.2 Å². The Bertz CT molecular complexity index is 1400. The zero-order valence-electron chi connectivity index (χ0n) is 17.9. The molecule has 2 aliphatic rings. The molecule has 1 fully saturated rings. The first-order valence-electron chi connectivity index (χ1n) is 10.6. The van der Waals surface area contributed by atoms with Crippen LogP contribution in [0.3, 0.4) is 0 Å². The molecule has 1 saturated carbocycles. The second-order valence-electron chi connectivity index (χ2n) is 8.24. The van der Waals surface area contributed by atoms with Crippen LogP contribution in [0.25, 0.3) is 21.3 Å². The molecular formula is C23H22N4O5S. The number of aryl methyl sites for hydroxylation is 1. The number of hydrogen-bond acceptors (Lipinski definition) is 6. The molecule has 3 aromatic rings. The molecule has 5 N–H and O–H groups in total. The largest absolute Gasteiger partial charge is 0.494 e. The Morgan fingerprint density at radius 1 is 1.30 bits per heavy atom. The van der Waals surface area contributed by atoms with Gasteiger partial charge in [-0.1, -0.05) is 0 Å². The number of rotatable bonds is 5. The lowest BCUT2D eigenvalue weighted by Gasteiger charge is -2.16. The molecule has 0 bridgehead atoms. The number of amides is 2. The fourth-order valence-corrected chi connectivity index (χ4v) is 5.75. The fourth-order valence-electron chi connectivity index (χ4n) is 4.46. The van der Waals surface area contributed by atoms with E-state index in [1.54, 1.807) is 18.4 Å². The first-order chi connectivity index (χ1) is 15.9. The van der Waals surface area contributed by atoms with E-state index in [1.165, 1.54) is 11.1 Å². The Hall–Kier alpha value is -3.66. The molecule has 9 nitrogen and oxygen atoms in total. The highest BCUT2D eigenvalue weighted by molar-refractivity contribution is 7.16. The maximum Gasteiger partial charge on any atom is 0.341 e. The van der Waals surface area contributed by atoms with E-state index in [0.29, 0.717) is 16.7 Å². The van der Waals surface area contributed by atoms with Gasteiger partial charge in [-0.05, 0) is 55.7 Å². The van der Waals surface area contributed by atoms with Gasteiger partial charge in [-0.3, -0.25) is 4.79 Å². The van der Waals surface area contributed by atoms with E-state index in [0.717, 1.165) is 59.4 Å². The van der Waals surface area contributed by atoms with Crippen molar-refractivity contribution in [2.24, 2.45) is 10.8 Å². The number of aromatic nitrogens is 1. The first-order valence-corrected chi connectivity index (χ1v) is 11.5. The summed E-state index contributed by atoms with van der Waals surface area (Å²) in [4.78, 5) is 40.6. The summed E-state index contributed by atoms with van der Waals surface area (Å²) in [5, 5.41) is 13.9. The lowest BCUT2D eigenvalue weighted by atomic mass is 9.94. The number of carboxylic acids is 1. The van der Waals surface area contributed by atoms with Gasteiger partial charge in [-0.15, -0.1) is 11.3 Å². The SMILES string of the molecule is COc1c(-c2cc3c(s2)CCC/C3=N\NC(N)=O)c(C2CC2)cc2c(=O)c(C(=O)O)c[nH]c12. The Kier molecular flexibility index (Phi) is 5.16. The molecule has 2 heterocycles. The zero-order chi connectivity index (χ0) is 23.3. The summed E-state index contributed by atoms with van der Waals surface area (Å²) < 4.78 is 5.81. The number of primary amides is 1. The lowest BCUT2D eigenvalue weighted by Crippen LogP contribution is -2.26. The molecule has 0 atom stereocenters. The van der Waals surface area contributed by atoms with Crippen LogP contribution in [0.5, 0.6) is 5.75 Å². The average molecular weight is 467 g/mol. The summed E-state index contributed by atoms with van der Waals surface area (Å²) in [5.74, 6) is -0.456. The molecule has 2 aliphatic carbocycles. The third-order valence-electron chi connectivity index (χ3n) is 6.10. The van der Waals surface area contributed by atoms with E-state index in [1.807, 2.05) is 6.07 Å².